The van der Waals surface area contributed by atoms with Gasteiger partial charge in [-0.05, 0) is 32.9 Å². The van der Waals surface area contributed by atoms with Crippen molar-refractivity contribution < 1.29 is 19.0 Å². The van der Waals surface area contributed by atoms with Crippen molar-refractivity contribution in [1.29, 1.82) is 0 Å². The molecule has 21 heavy (non-hydrogen) atoms. The van der Waals surface area contributed by atoms with Gasteiger partial charge in [0.25, 0.3) is 0 Å². The molecule has 0 saturated heterocycles. The molecule has 0 fully saturated rings. The Morgan fingerprint density at radius 1 is 1.00 bits per heavy atom. The highest BCUT2D eigenvalue weighted by Gasteiger charge is 2.13. The van der Waals surface area contributed by atoms with E-state index in [2.05, 4.69) is 5.32 Å². The molecule has 1 aromatic rings. The molecule has 0 aliphatic carbocycles. The Bertz CT molecular complexity index is 530. The molecule has 0 saturated carbocycles. The summed E-state index contributed by atoms with van der Waals surface area (Å²) >= 11 is 0. The molecule has 116 valence electrons. The smallest absolute Gasteiger partial charge is 0.244 e. The molecule has 1 N–H and O–H groups in total. The van der Waals surface area contributed by atoms with Crippen LogP contribution in [0.4, 0.5) is 0 Å². The maximum absolute atomic E-state index is 11.8. The van der Waals surface area contributed by atoms with E-state index in [0.29, 0.717) is 17.2 Å². The SMILES string of the molecule is COc1cc(OC)c(OC)cc1/C=C/C(=O)NC(C)(C)C. The van der Waals surface area contributed by atoms with Gasteiger partial charge < -0.3 is 19.5 Å². The summed E-state index contributed by atoms with van der Waals surface area (Å²) in [6.45, 7) is 5.78. The number of nitrogens with one attached hydrogen (secondary N) is 1. The molecule has 1 amide bonds. The molecule has 0 heterocycles. The zero-order valence-corrected chi connectivity index (χ0v) is 13.4. The molecule has 5 nitrogen and oxygen atoms in total. The van der Waals surface area contributed by atoms with Crippen molar-refractivity contribution in [1.82, 2.24) is 5.32 Å². The molecule has 1 aromatic carbocycles. The predicted molar refractivity (Wildman–Crippen MR) is 83.0 cm³/mol. The van der Waals surface area contributed by atoms with Gasteiger partial charge in [0.1, 0.15) is 5.75 Å². The van der Waals surface area contributed by atoms with E-state index in [1.807, 2.05) is 20.8 Å². The van der Waals surface area contributed by atoms with Crippen LogP contribution in [0.3, 0.4) is 0 Å². The Morgan fingerprint density at radius 2 is 1.52 bits per heavy atom. The zero-order chi connectivity index (χ0) is 16.0. The maximum Gasteiger partial charge on any atom is 0.244 e. The summed E-state index contributed by atoms with van der Waals surface area (Å²) in [7, 11) is 4.68. The van der Waals surface area contributed by atoms with E-state index in [1.165, 1.54) is 6.08 Å². The Hall–Kier alpha value is -2.17. The van der Waals surface area contributed by atoms with Crippen LogP contribution in [0.25, 0.3) is 6.08 Å². The van der Waals surface area contributed by atoms with Crippen molar-refractivity contribution in [3.63, 3.8) is 0 Å². The van der Waals surface area contributed by atoms with Gasteiger partial charge in [0.05, 0.1) is 21.3 Å². The van der Waals surface area contributed by atoms with E-state index >= 15 is 0 Å². The van der Waals surface area contributed by atoms with Crippen LogP contribution in [0, 0.1) is 0 Å². The normalized spacial score (nSPS) is 11.3. The van der Waals surface area contributed by atoms with Crippen LogP contribution in [0.2, 0.25) is 0 Å². The number of hydrogen-bond donors (Lipinski definition) is 1. The van der Waals surface area contributed by atoms with Crippen molar-refractivity contribution in [2.45, 2.75) is 26.3 Å². The lowest BCUT2D eigenvalue weighted by atomic mass is 10.1. The lowest BCUT2D eigenvalue weighted by Crippen LogP contribution is -2.39. The van der Waals surface area contributed by atoms with Gasteiger partial charge in [-0.1, -0.05) is 0 Å². The van der Waals surface area contributed by atoms with Gasteiger partial charge in [0.15, 0.2) is 11.5 Å². The van der Waals surface area contributed by atoms with Crippen LogP contribution in [0.15, 0.2) is 18.2 Å². The highest BCUT2D eigenvalue weighted by atomic mass is 16.5. The van der Waals surface area contributed by atoms with Gasteiger partial charge in [-0.25, -0.2) is 0 Å². The summed E-state index contributed by atoms with van der Waals surface area (Å²) in [6.07, 6.45) is 3.15. The summed E-state index contributed by atoms with van der Waals surface area (Å²) in [6, 6.07) is 3.48. The number of carbonyl (C=O) groups is 1. The third-order valence-electron chi connectivity index (χ3n) is 2.65. The number of ether oxygens (including phenoxy) is 3. The quantitative estimate of drug-likeness (QED) is 0.848. The molecule has 0 radical (unpaired) electrons. The zero-order valence-electron chi connectivity index (χ0n) is 13.4. The molecular weight excluding hydrogens is 270 g/mol. The Morgan fingerprint density at radius 3 is 2.00 bits per heavy atom. The van der Waals surface area contributed by atoms with Crippen LogP contribution in [-0.4, -0.2) is 32.8 Å². The molecular formula is C16H23NO4. The van der Waals surface area contributed by atoms with Crippen LogP contribution in [0.5, 0.6) is 17.2 Å². The van der Waals surface area contributed by atoms with E-state index < -0.39 is 0 Å². The number of rotatable bonds is 5. The first-order chi connectivity index (χ1) is 9.80. The highest BCUT2D eigenvalue weighted by Crippen LogP contribution is 2.35. The molecule has 0 unspecified atom stereocenters. The van der Waals surface area contributed by atoms with Crippen LogP contribution in [-0.2, 0) is 4.79 Å². The maximum atomic E-state index is 11.8. The minimum absolute atomic E-state index is 0.167. The number of amides is 1. The molecule has 0 aromatic heterocycles. The van der Waals surface area contributed by atoms with Gasteiger partial charge in [0, 0.05) is 23.2 Å². The summed E-state index contributed by atoms with van der Waals surface area (Å²) in [5.74, 6) is 1.59. The van der Waals surface area contributed by atoms with Crippen LogP contribution < -0.4 is 19.5 Å². The molecule has 0 bridgehead atoms. The van der Waals surface area contributed by atoms with Crippen molar-refractivity contribution in [3.8, 4) is 17.2 Å². The molecule has 0 aliphatic heterocycles. The second-order valence-corrected chi connectivity index (χ2v) is 5.52. The van der Waals surface area contributed by atoms with E-state index in [4.69, 9.17) is 14.2 Å². The fourth-order valence-electron chi connectivity index (χ4n) is 1.76. The summed E-state index contributed by atoms with van der Waals surface area (Å²) < 4.78 is 15.8. The standard InChI is InChI=1S/C16H23NO4/c1-16(2,3)17-15(18)8-7-11-9-13(20-5)14(21-6)10-12(11)19-4/h7-10H,1-6H3,(H,17,18)/b8-7+. The third kappa shape index (κ3) is 5.02. The fourth-order valence-corrected chi connectivity index (χ4v) is 1.76. The van der Waals surface area contributed by atoms with Gasteiger partial charge in [-0.2, -0.15) is 0 Å². The lowest BCUT2D eigenvalue weighted by molar-refractivity contribution is -0.117. The summed E-state index contributed by atoms with van der Waals surface area (Å²) in [4.78, 5) is 11.8. The van der Waals surface area contributed by atoms with Crippen molar-refractivity contribution in [2.24, 2.45) is 0 Å². The summed E-state index contributed by atoms with van der Waals surface area (Å²) in [5.41, 5.74) is 0.461. The molecule has 0 spiro atoms. The molecule has 1 rings (SSSR count). The second-order valence-electron chi connectivity index (χ2n) is 5.52. The first kappa shape index (κ1) is 16.9. The van der Waals surface area contributed by atoms with Gasteiger partial charge in [-0.3, -0.25) is 4.79 Å². The van der Waals surface area contributed by atoms with Crippen molar-refractivity contribution in [3.05, 3.63) is 23.8 Å². The van der Waals surface area contributed by atoms with E-state index in [1.54, 1.807) is 39.5 Å². The topological polar surface area (TPSA) is 56.8 Å². The van der Waals surface area contributed by atoms with E-state index in [0.717, 1.165) is 5.56 Å². The largest absolute Gasteiger partial charge is 0.496 e. The van der Waals surface area contributed by atoms with Crippen LogP contribution in [0.1, 0.15) is 26.3 Å². The lowest BCUT2D eigenvalue weighted by Gasteiger charge is -2.19. The predicted octanol–water partition coefficient (Wildman–Crippen LogP) is 2.64. The third-order valence-corrected chi connectivity index (χ3v) is 2.65. The number of carbonyl (C=O) groups excluding carboxylic acids is 1. The van der Waals surface area contributed by atoms with Crippen LogP contribution >= 0.6 is 0 Å². The second kappa shape index (κ2) is 7.02. The average Bonchev–Trinajstić information content (AvgIpc) is 2.42. The summed E-state index contributed by atoms with van der Waals surface area (Å²) in [5, 5.41) is 2.86. The Kier molecular flexibility index (Phi) is 5.64. The van der Waals surface area contributed by atoms with Gasteiger partial charge in [-0.15, -0.1) is 0 Å². The number of methoxy groups -OCH3 is 3. The minimum Gasteiger partial charge on any atom is -0.496 e. The fraction of sp³-hybridized carbons (Fsp3) is 0.438. The molecule has 0 atom stereocenters. The first-order valence-corrected chi connectivity index (χ1v) is 6.61. The van der Waals surface area contributed by atoms with Crippen molar-refractivity contribution >= 4 is 12.0 Å². The van der Waals surface area contributed by atoms with Gasteiger partial charge in [0.2, 0.25) is 5.91 Å². The molecule has 5 heteroatoms. The molecule has 0 aliphatic rings. The highest BCUT2D eigenvalue weighted by molar-refractivity contribution is 5.92. The number of benzene rings is 1. The average molecular weight is 293 g/mol. The van der Waals surface area contributed by atoms with Crippen molar-refractivity contribution in [2.75, 3.05) is 21.3 Å². The van der Waals surface area contributed by atoms with E-state index in [-0.39, 0.29) is 11.4 Å². The Balaban J connectivity index is 3.04. The monoisotopic (exact) mass is 293 g/mol. The Labute approximate surface area is 125 Å². The first-order valence-electron chi connectivity index (χ1n) is 6.61. The van der Waals surface area contributed by atoms with E-state index in [9.17, 15) is 4.79 Å². The minimum atomic E-state index is -0.275. The van der Waals surface area contributed by atoms with Gasteiger partial charge >= 0.3 is 0 Å². The number of hydrogen-bond acceptors (Lipinski definition) is 4.